The average molecular weight is 1100 g/mol. The number of halogens is 1. The van der Waals surface area contributed by atoms with Crippen LogP contribution in [-0.4, -0.2) is 196 Å². The molecule has 0 radical (unpaired) electrons. The Labute approximate surface area is 453 Å². The number of aromatic carboxylic acids is 1. The molecule has 6 N–H and O–H groups in total. The highest BCUT2D eigenvalue weighted by Gasteiger charge is 2.54. The Kier molecular flexibility index (Phi) is 22.2. The van der Waals surface area contributed by atoms with E-state index >= 15 is 4.39 Å². The van der Waals surface area contributed by atoms with Gasteiger partial charge in [0.25, 0.3) is 0 Å². The van der Waals surface area contributed by atoms with Crippen LogP contribution in [0.1, 0.15) is 131 Å². The number of rotatable bonds is 17. The van der Waals surface area contributed by atoms with Gasteiger partial charge in [-0.2, -0.15) is 0 Å². The Balaban J connectivity index is 1.34. The molecule has 20 nitrogen and oxygen atoms in total. The van der Waals surface area contributed by atoms with Crippen molar-refractivity contribution >= 4 is 28.8 Å². The fraction of sp³-hybridized carbons (Fsp3) is 0.786. The summed E-state index contributed by atoms with van der Waals surface area (Å²) in [5.74, 6) is -5.45. The number of aliphatic hydroxyl groups is 4. The standard InChI is InChI=1S/C56H91FN4O16/c1-16-42-56(11,70)48(65)34(7)60(14)28-30(3)26-54(9,69)49(77-53-46(64)41(59(12)13)23-31(4)72-53)32(5)47(33(6)52(68)74-42)76-44-27-55(10,71-15)50(35(8)73-44)75-43(62)20-22-58-21-18-19-36-24-40-37(25-39(36)57)45(63)38(51(66)67)29-61(40)17-2/h24-25,29-35,41-42,44,46-50,53,58,64-65,69-70H,16-23,26-28H2,1-15H3,(H,66,67)/t30-,31+,32+,33+,34+,35-,41-,42-,44+,46-,47+,48+,49-,50+,53-,54+,55-,56+/m0/s1. The molecule has 0 amide bonds. The summed E-state index contributed by atoms with van der Waals surface area (Å²) in [4.78, 5) is 56.3. The summed E-state index contributed by atoms with van der Waals surface area (Å²) in [6, 6.07) is 1.74. The average Bonchev–Trinajstić information content (AvgIpc) is 3.35. The first-order chi connectivity index (χ1) is 35.9. The summed E-state index contributed by atoms with van der Waals surface area (Å²) in [5, 5.41) is 60.8. The molecule has 3 aliphatic heterocycles. The Bertz CT molecular complexity index is 2370. The SMILES string of the molecule is CC[C@@H]1OC(=O)[C@H](C)[C@H](O[C@@H]2C[C@](C)(OC)[C@H](OC(=O)CCNCCCc3cc4c(cc3F)c(=O)c(C(=O)O)cn4CC)[C@H](C)O2)[C@@H](C)[C@H](O[C@@H]2O[C@H](C)C[C@H](N(C)C)[C@@H]2O)[C@](C)(O)C[C@H](C)CN(C)[C@H](C)[C@@H](O)[C@]1(C)O. The quantitative estimate of drug-likeness (QED) is 0.0957. The summed E-state index contributed by atoms with van der Waals surface area (Å²) in [6.07, 6.45) is -7.24. The van der Waals surface area contributed by atoms with Gasteiger partial charge < -0.3 is 78.4 Å². The van der Waals surface area contributed by atoms with Crippen LogP contribution in [0.4, 0.5) is 4.39 Å². The van der Waals surface area contributed by atoms with Crippen LogP contribution in [0.3, 0.4) is 0 Å². The molecule has 77 heavy (non-hydrogen) atoms. The lowest BCUT2D eigenvalue weighted by atomic mass is 9.77. The van der Waals surface area contributed by atoms with E-state index in [1.54, 1.807) is 66.0 Å². The van der Waals surface area contributed by atoms with Crippen LogP contribution < -0.4 is 10.7 Å². The van der Waals surface area contributed by atoms with E-state index in [1.807, 2.05) is 44.8 Å². The zero-order valence-corrected chi connectivity index (χ0v) is 48.1. The van der Waals surface area contributed by atoms with Crippen LogP contribution in [0, 0.1) is 23.6 Å². The zero-order chi connectivity index (χ0) is 57.6. The van der Waals surface area contributed by atoms with Crippen molar-refractivity contribution in [2.75, 3.05) is 47.9 Å². The van der Waals surface area contributed by atoms with E-state index in [-0.39, 0.29) is 55.7 Å². The smallest absolute Gasteiger partial charge is 0.341 e. The Morgan fingerprint density at radius 3 is 2.25 bits per heavy atom. The number of cyclic esters (lactones) is 1. The third-order valence-corrected chi connectivity index (χ3v) is 16.5. The molecule has 0 spiro atoms. The first-order valence-electron chi connectivity index (χ1n) is 27.5. The number of benzene rings is 1. The number of carbonyl (C=O) groups is 3. The molecule has 3 aliphatic rings. The van der Waals surface area contributed by atoms with E-state index in [1.165, 1.54) is 20.2 Å². The topological polar surface area (TPSA) is 257 Å². The molecule has 0 bridgehead atoms. The molecule has 0 aliphatic carbocycles. The van der Waals surface area contributed by atoms with Gasteiger partial charge in [0, 0.05) is 62.7 Å². The van der Waals surface area contributed by atoms with Gasteiger partial charge in [0.2, 0.25) is 5.43 Å². The highest BCUT2D eigenvalue weighted by molar-refractivity contribution is 5.92. The number of carbonyl (C=O) groups excluding carboxylic acids is 2. The number of hydrogen-bond donors (Lipinski definition) is 6. The van der Waals surface area contributed by atoms with E-state index in [0.717, 1.165) is 6.07 Å². The largest absolute Gasteiger partial charge is 0.477 e. The second kappa shape index (κ2) is 26.7. The Morgan fingerprint density at radius 1 is 0.961 bits per heavy atom. The number of methoxy groups -OCH3 is 1. The van der Waals surface area contributed by atoms with E-state index in [0.29, 0.717) is 50.0 Å². The maximum Gasteiger partial charge on any atom is 0.341 e. The van der Waals surface area contributed by atoms with Gasteiger partial charge >= 0.3 is 17.9 Å². The number of pyridine rings is 1. The van der Waals surface area contributed by atoms with Crippen LogP contribution in [0.25, 0.3) is 10.9 Å². The molecule has 5 rings (SSSR count). The highest BCUT2D eigenvalue weighted by atomic mass is 19.1. The predicted octanol–water partition coefficient (Wildman–Crippen LogP) is 4.24. The molecule has 1 aromatic heterocycles. The molecule has 0 unspecified atom stereocenters. The highest BCUT2D eigenvalue weighted by Crippen LogP contribution is 2.41. The second-order valence-corrected chi connectivity index (χ2v) is 23.2. The summed E-state index contributed by atoms with van der Waals surface area (Å²) in [5.41, 5.74) is -5.06. The maximum absolute atomic E-state index is 15.2. The molecule has 3 fully saturated rings. The van der Waals surface area contributed by atoms with Gasteiger partial charge in [0.1, 0.15) is 40.9 Å². The summed E-state index contributed by atoms with van der Waals surface area (Å²) < 4.78 is 61.6. The maximum atomic E-state index is 15.2. The number of carboxylic acid groups (broad SMARTS) is 1. The fourth-order valence-electron chi connectivity index (χ4n) is 11.9. The predicted molar refractivity (Wildman–Crippen MR) is 285 cm³/mol. The van der Waals surface area contributed by atoms with Crippen LogP contribution in [0.5, 0.6) is 0 Å². The van der Waals surface area contributed by atoms with Crippen LogP contribution in [0.2, 0.25) is 0 Å². The lowest BCUT2D eigenvalue weighted by Crippen LogP contribution is -2.61. The van der Waals surface area contributed by atoms with Crippen molar-refractivity contribution in [3.63, 3.8) is 0 Å². The Morgan fingerprint density at radius 2 is 1.64 bits per heavy atom. The first kappa shape index (κ1) is 64.1. The molecular weight excluding hydrogens is 1000 g/mol. The summed E-state index contributed by atoms with van der Waals surface area (Å²) in [6.45, 7) is 20.6. The first-order valence-corrected chi connectivity index (χ1v) is 27.5. The number of aliphatic hydroxyl groups excluding tert-OH is 2. The van der Waals surface area contributed by atoms with Crippen LogP contribution in [-0.2, 0) is 55.7 Å². The van der Waals surface area contributed by atoms with E-state index < -0.39 is 125 Å². The van der Waals surface area contributed by atoms with Gasteiger partial charge in [-0.25, -0.2) is 9.18 Å². The molecular formula is C56H91FN4O16. The molecule has 3 saturated heterocycles. The third-order valence-electron chi connectivity index (χ3n) is 16.5. The van der Waals surface area contributed by atoms with Gasteiger partial charge in [-0.3, -0.25) is 14.4 Å². The van der Waals surface area contributed by atoms with Crippen molar-refractivity contribution in [2.45, 2.75) is 218 Å². The zero-order valence-electron chi connectivity index (χ0n) is 48.1. The number of hydrogen-bond acceptors (Lipinski definition) is 18. The lowest BCUT2D eigenvalue weighted by molar-refractivity contribution is -0.318. The summed E-state index contributed by atoms with van der Waals surface area (Å²) >= 11 is 0. The normalized spacial score (nSPS) is 37.3. The molecule has 438 valence electrons. The monoisotopic (exact) mass is 1090 g/mol. The van der Waals surface area contributed by atoms with E-state index in [4.69, 9.17) is 33.2 Å². The molecule has 2 aromatic rings. The van der Waals surface area contributed by atoms with Crippen LogP contribution in [0.15, 0.2) is 23.1 Å². The number of aromatic nitrogens is 1. The number of fused-ring (bicyclic) bond motifs is 1. The molecule has 1 aromatic carbocycles. The minimum absolute atomic E-state index is 0.00392. The minimum Gasteiger partial charge on any atom is -0.477 e. The van der Waals surface area contributed by atoms with E-state index in [2.05, 4.69) is 5.32 Å². The van der Waals surface area contributed by atoms with Crippen molar-refractivity contribution in [2.24, 2.45) is 17.8 Å². The van der Waals surface area contributed by atoms with Gasteiger partial charge in [-0.1, -0.05) is 20.8 Å². The van der Waals surface area contributed by atoms with Gasteiger partial charge in [0.05, 0.1) is 47.9 Å². The number of ether oxygens (including phenoxy) is 7. The molecule has 18 atom stereocenters. The number of nitrogens with one attached hydrogen (secondary N) is 1. The molecule has 4 heterocycles. The Hall–Kier alpha value is -3.71. The molecule has 21 heteroatoms. The number of aryl methyl sites for hydroxylation is 2. The van der Waals surface area contributed by atoms with Crippen molar-refractivity contribution in [1.29, 1.82) is 0 Å². The van der Waals surface area contributed by atoms with Crippen LogP contribution >= 0.6 is 0 Å². The lowest BCUT2D eigenvalue weighted by Gasteiger charge is -2.49. The summed E-state index contributed by atoms with van der Waals surface area (Å²) in [7, 11) is 7.03. The van der Waals surface area contributed by atoms with Gasteiger partial charge in [-0.05, 0) is 139 Å². The van der Waals surface area contributed by atoms with Crippen molar-refractivity contribution in [3.05, 3.63) is 45.5 Å². The molecule has 0 saturated carbocycles. The van der Waals surface area contributed by atoms with Gasteiger partial charge in [-0.15, -0.1) is 0 Å². The fourth-order valence-corrected chi connectivity index (χ4v) is 11.9. The van der Waals surface area contributed by atoms with Gasteiger partial charge in [0.15, 0.2) is 18.7 Å². The second-order valence-electron chi connectivity index (χ2n) is 23.2. The van der Waals surface area contributed by atoms with Crippen molar-refractivity contribution in [3.8, 4) is 0 Å². The van der Waals surface area contributed by atoms with E-state index in [9.17, 15) is 44.7 Å². The minimum atomic E-state index is -1.87. The number of likely N-dealkylation sites (N-methyl/N-ethyl adjacent to an activating group) is 2. The number of nitrogens with zero attached hydrogens (tertiary/aromatic N) is 3. The number of esters is 2. The number of carboxylic acids is 1. The van der Waals surface area contributed by atoms with Crippen molar-refractivity contribution < 1.29 is 77.5 Å². The third kappa shape index (κ3) is 15.0. The van der Waals surface area contributed by atoms with Crippen molar-refractivity contribution in [1.82, 2.24) is 19.7 Å².